The number of rotatable bonds is 5. The van der Waals surface area contributed by atoms with E-state index in [0.29, 0.717) is 22.1 Å². The van der Waals surface area contributed by atoms with Crippen molar-refractivity contribution in [1.82, 2.24) is 15.1 Å². The molecule has 29 heavy (non-hydrogen) atoms. The largest absolute Gasteiger partial charge is 0.366 e. The highest BCUT2D eigenvalue weighted by Crippen LogP contribution is 2.33. The van der Waals surface area contributed by atoms with Gasteiger partial charge in [-0.05, 0) is 56.9 Å². The van der Waals surface area contributed by atoms with Gasteiger partial charge < -0.3 is 5.32 Å². The zero-order chi connectivity index (χ0) is 20.0. The highest BCUT2D eigenvalue weighted by Gasteiger charge is 2.29. The summed E-state index contributed by atoms with van der Waals surface area (Å²) in [7, 11) is 0. The van der Waals surface area contributed by atoms with Crippen LogP contribution in [0.5, 0.6) is 0 Å². The van der Waals surface area contributed by atoms with Crippen LogP contribution in [0.15, 0.2) is 53.5 Å². The third-order valence-electron chi connectivity index (χ3n) is 5.32. The Morgan fingerprint density at radius 2 is 1.76 bits per heavy atom. The van der Waals surface area contributed by atoms with Crippen molar-refractivity contribution >= 4 is 29.0 Å². The van der Waals surface area contributed by atoms with E-state index in [9.17, 15) is 0 Å². The van der Waals surface area contributed by atoms with Crippen LogP contribution < -0.4 is 5.32 Å². The van der Waals surface area contributed by atoms with Crippen molar-refractivity contribution in [2.75, 3.05) is 0 Å². The Balaban J connectivity index is 1.69. The van der Waals surface area contributed by atoms with Gasteiger partial charge >= 0.3 is 0 Å². The van der Waals surface area contributed by atoms with Gasteiger partial charge in [0.25, 0.3) is 0 Å². The summed E-state index contributed by atoms with van der Waals surface area (Å²) >= 11 is 12.7. The number of nitrogens with zero attached hydrogens (tertiary/aromatic N) is 3. The number of benzene rings is 2. The number of hydrogen-bond donors (Lipinski definition) is 1. The van der Waals surface area contributed by atoms with Gasteiger partial charge in [-0.25, -0.2) is 4.68 Å². The van der Waals surface area contributed by atoms with E-state index < -0.39 is 0 Å². The molecular formula is C23H22Cl2N4. The topological polar surface area (TPSA) is 42.2 Å². The van der Waals surface area contributed by atoms with E-state index in [4.69, 9.17) is 33.3 Å². The third-order valence-corrected chi connectivity index (χ3v) is 5.89. The second-order valence-corrected chi connectivity index (χ2v) is 8.66. The predicted octanol–water partition coefficient (Wildman–Crippen LogP) is 5.82. The molecule has 0 aliphatic heterocycles. The molecule has 2 saturated carbocycles. The highest BCUT2D eigenvalue weighted by molar-refractivity contribution is 6.32. The molecule has 5 rings (SSSR count). The monoisotopic (exact) mass is 424 g/mol. The highest BCUT2D eigenvalue weighted by atomic mass is 35.5. The average Bonchev–Trinajstić information content (AvgIpc) is 3.64. The van der Waals surface area contributed by atoms with Gasteiger partial charge in [-0.15, -0.1) is 0 Å². The fourth-order valence-electron chi connectivity index (χ4n) is 3.44. The van der Waals surface area contributed by atoms with Gasteiger partial charge in [0.05, 0.1) is 22.4 Å². The lowest BCUT2D eigenvalue weighted by molar-refractivity contribution is 0.852. The number of nitrogens with one attached hydrogen (secondary N) is 1. The normalized spacial score (nSPS) is 16.9. The molecule has 2 aromatic carbocycles. The van der Waals surface area contributed by atoms with E-state index in [1.54, 1.807) is 0 Å². The molecule has 6 heteroatoms. The Labute approximate surface area is 180 Å². The van der Waals surface area contributed by atoms with Crippen molar-refractivity contribution in [2.24, 2.45) is 4.99 Å². The molecule has 0 unspecified atom stereocenters. The molecule has 1 aromatic heterocycles. The summed E-state index contributed by atoms with van der Waals surface area (Å²) in [5.74, 6) is 0.911. The number of para-hydroxylation sites is 1. The molecule has 0 radical (unpaired) electrons. The lowest BCUT2D eigenvalue weighted by Crippen LogP contribution is -2.28. The second-order valence-electron chi connectivity index (χ2n) is 7.82. The maximum Gasteiger partial charge on any atom is 0.150 e. The second kappa shape index (κ2) is 7.51. The summed E-state index contributed by atoms with van der Waals surface area (Å²) in [6.07, 6.45) is 4.70. The van der Waals surface area contributed by atoms with E-state index in [1.807, 2.05) is 53.2 Å². The Hall–Kier alpha value is -2.30. The van der Waals surface area contributed by atoms with E-state index >= 15 is 0 Å². The van der Waals surface area contributed by atoms with Crippen LogP contribution in [0.4, 0.5) is 0 Å². The zero-order valence-corrected chi connectivity index (χ0v) is 17.7. The van der Waals surface area contributed by atoms with E-state index in [0.717, 1.165) is 46.9 Å². The molecule has 2 aliphatic rings. The SMILES string of the molecule is Cc1c(C(=NC2CC2)NC2CC2)nn(-c2ccccc2Cl)c1-c1ccc(Cl)cc1. The summed E-state index contributed by atoms with van der Waals surface area (Å²) < 4.78 is 1.94. The fourth-order valence-corrected chi connectivity index (χ4v) is 3.78. The molecule has 1 heterocycles. The Morgan fingerprint density at radius 3 is 2.41 bits per heavy atom. The summed E-state index contributed by atoms with van der Waals surface area (Å²) in [6, 6.07) is 16.6. The number of aliphatic imine (C=N–C) groups is 1. The Morgan fingerprint density at radius 1 is 1.03 bits per heavy atom. The van der Waals surface area contributed by atoms with Gasteiger partial charge in [0.2, 0.25) is 0 Å². The van der Waals surface area contributed by atoms with Crippen LogP contribution in [0, 0.1) is 6.92 Å². The molecule has 0 saturated heterocycles. The summed E-state index contributed by atoms with van der Waals surface area (Å²) in [4.78, 5) is 4.95. The Kier molecular flexibility index (Phi) is 4.84. The number of halogens is 2. The van der Waals surface area contributed by atoms with Crippen molar-refractivity contribution < 1.29 is 0 Å². The smallest absolute Gasteiger partial charge is 0.150 e. The van der Waals surface area contributed by atoms with Crippen LogP contribution in [0.25, 0.3) is 16.9 Å². The summed E-state index contributed by atoms with van der Waals surface area (Å²) in [6.45, 7) is 2.11. The van der Waals surface area contributed by atoms with Crippen molar-refractivity contribution in [3.63, 3.8) is 0 Å². The van der Waals surface area contributed by atoms with Crippen molar-refractivity contribution in [3.05, 3.63) is 69.8 Å². The van der Waals surface area contributed by atoms with Crippen LogP contribution in [0.1, 0.15) is 36.9 Å². The van der Waals surface area contributed by atoms with Gasteiger partial charge in [-0.2, -0.15) is 5.10 Å². The molecule has 4 nitrogen and oxygen atoms in total. The quantitative estimate of drug-likeness (QED) is 0.414. The molecule has 1 N–H and O–H groups in total. The van der Waals surface area contributed by atoms with E-state index in [-0.39, 0.29) is 0 Å². The maximum absolute atomic E-state index is 6.55. The Bertz CT molecular complexity index is 1080. The first kappa shape index (κ1) is 18.7. The van der Waals surface area contributed by atoms with E-state index in [2.05, 4.69) is 12.2 Å². The van der Waals surface area contributed by atoms with Crippen LogP contribution in [0.2, 0.25) is 10.0 Å². The number of amidine groups is 1. The van der Waals surface area contributed by atoms with Gasteiger partial charge in [-0.3, -0.25) is 4.99 Å². The molecule has 3 aromatic rings. The average molecular weight is 425 g/mol. The first-order valence-electron chi connectivity index (χ1n) is 10.1. The standard InChI is InChI=1S/C23H22Cl2N4/c1-14-21(23(26-17-10-11-17)27-18-12-13-18)28-29(20-5-3-2-4-19(20)25)22(14)15-6-8-16(24)9-7-15/h2-9,17-18H,10-13H2,1H3,(H,26,27). The molecule has 0 amide bonds. The summed E-state index contributed by atoms with van der Waals surface area (Å²) in [5, 5.41) is 9.98. The molecule has 148 valence electrons. The molecule has 0 bridgehead atoms. The van der Waals surface area contributed by atoms with Gasteiger partial charge in [0, 0.05) is 22.2 Å². The van der Waals surface area contributed by atoms with Crippen molar-refractivity contribution in [3.8, 4) is 16.9 Å². The molecule has 0 atom stereocenters. The van der Waals surface area contributed by atoms with Crippen LogP contribution in [-0.4, -0.2) is 27.7 Å². The molecule has 2 aliphatic carbocycles. The zero-order valence-electron chi connectivity index (χ0n) is 16.2. The predicted molar refractivity (Wildman–Crippen MR) is 119 cm³/mol. The fraction of sp³-hybridized carbons (Fsp3) is 0.304. The van der Waals surface area contributed by atoms with Gasteiger partial charge in [0.15, 0.2) is 0 Å². The van der Waals surface area contributed by atoms with Crippen molar-refractivity contribution in [1.29, 1.82) is 0 Å². The number of hydrogen-bond acceptors (Lipinski definition) is 2. The van der Waals surface area contributed by atoms with Crippen LogP contribution >= 0.6 is 23.2 Å². The van der Waals surface area contributed by atoms with Crippen LogP contribution in [-0.2, 0) is 0 Å². The minimum absolute atomic E-state index is 0.417. The first-order valence-corrected chi connectivity index (χ1v) is 10.8. The van der Waals surface area contributed by atoms with Gasteiger partial charge in [-0.1, -0.05) is 47.5 Å². The van der Waals surface area contributed by atoms with Crippen LogP contribution in [0.3, 0.4) is 0 Å². The minimum atomic E-state index is 0.417. The summed E-state index contributed by atoms with van der Waals surface area (Å²) in [5.41, 5.74) is 4.88. The minimum Gasteiger partial charge on any atom is -0.366 e. The van der Waals surface area contributed by atoms with Gasteiger partial charge in [0.1, 0.15) is 11.5 Å². The number of aromatic nitrogens is 2. The molecule has 0 spiro atoms. The third kappa shape index (κ3) is 3.92. The van der Waals surface area contributed by atoms with E-state index in [1.165, 1.54) is 12.8 Å². The lowest BCUT2D eigenvalue weighted by atomic mass is 10.1. The van der Waals surface area contributed by atoms with Crippen molar-refractivity contribution in [2.45, 2.75) is 44.7 Å². The first-order chi connectivity index (χ1) is 14.1. The maximum atomic E-state index is 6.55. The lowest BCUT2D eigenvalue weighted by Gasteiger charge is -2.10. The molecular weight excluding hydrogens is 403 g/mol. The molecule has 2 fully saturated rings.